The van der Waals surface area contributed by atoms with Crippen LogP contribution in [0.25, 0.3) is 11.1 Å². The summed E-state index contributed by atoms with van der Waals surface area (Å²) >= 11 is 6.65. The van der Waals surface area contributed by atoms with Crippen molar-refractivity contribution in [1.29, 1.82) is 0 Å². The summed E-state index contributed by atoms with van der Waals surface area (Å²) < 4.78 is 0. The molecule has 6 heteroatoms. The van der Waals surface area contributed by atoms with Gasteiger partial charge in [-0.3, -0.25) is 9.59 Å². The van der Waals surface area contributed by atoms with Gasteiger partial charge in [0.2, 0.25) is 5.91 Å². The van der Waals surface area contributed by atoms with Gasteiger partial charge in [-0.05, 0) is 59.2 Å². The molecule has 1 spiro atoms. The number of hydrogen-bond acceptors (Lipinski definition) is 3. The molecule has 1 amide bonds. The average Bonchev–Trinajstić information content (AvgIpc) is 3.72. The molecule has 2 aliphatic carbocycles. The molecule has 3 N–H and O–H groups in total. The fraction of sp³-hybridized carbons (Fsp3) is 0.286. The number of rotatable bonds is 6. The summed E-state index contributed by atoms with van der Waals surface area (Å²) in [4.78, 5) is 24.3. The number of halogens is 1. The van der Waals surface area contributed by atoms with E-state index in [1.807, 2.05) is 42.5 Å². The Hall–Kier alpha value is -3.15. The Morgan fingerprint density at radius 2 is 1.85 bits per heavy atom. The van der Waals surface area contributed by atoms with Crippen molar-refractivity contribution >= 4 is 29.2 Å². The van der Waals surface area contributed by atoms with E-state index in [-0.39, 0.29) is 30.3 Å². The van der Waals surface area contributed by atoms with Gasteiger partial charge in [-0.15, -0.1) is 0 Å². The molecular formula is C28H24ClNO4. The third-order valence-electron chi connectivity index (χ3n) is 7.88. The van der Waals surface area contributed by atoms with Crippen LogP contribution in [0, 0.1) is 0 Å². The fourth-order valence-electron chi connectivity index (χ4n) is 5.62. The standard InChI is InChI=1S/C28H24ClNO4/c29-23-13-24-21(12-20(23)17-4-6-19(7-5-17)27(15-31)8-9-27)28(26(34)30-24)14-22(28)18-3-1-2-16(10-18)11-25(32)33/h1-7,10,12-13,22,31H,8-9,11,14-15H2,(H,30,34)(H,32,33). The molecule has 2 fully saturated rings. The number of benzene rings is 3. The second-order valence-electron chi connectivity index (χ2n) is 9.89. The Bertz CT molecular complexity index is 1350. The third-order valence-corrected chi connectivity index (χ3v) is 8.19. The number of fused-ring (bicyclic) bond motifs is 2. The number of hydrogen-bond donors (Lipinski definition) is 3. The minimum Gasteiger partial charge on any atom is -0.481 e. The van der Waals surface area contributed by atoms with E-state index in [0.29, 0.717) is 11.4 Å². The summed E-state index contributed by atoms with van der Waals surface area (Å²) in [6.45, 7) is 0.164. The molecule has 2 saturated carbocycles. The fourth-order valence-corrected chi connectivity index (χ4v) is 5.90. The molecule has 2 unspecified atom stereocenters. The molecule has 2 atom stereocenters. The molecule has 6 rings (SSSR count). The molecule has 1 aliphatic heterocycles. The van der Waals surface area contributed by atoms with Crippen LogP contribution in [-0.4, -0.2) is 28.7 Å². The lowest BCUT2D eigenvalue weighted by atomic mass is 9.88. The van der Waals surface area contributed by atoms with Crippen molar-refractivity contribution < 1.29 is 19.8 Å². The van der Waals surface area contributed by atoms with E-state index in [4.69, 9.17) is 16.7 Å². The van der Waals surface area contributed by atoms with Crippen LogP contribution in [0.15, 0.2) is 60.7 Å². The first-order valence-electron chi connectivity index (χ1n) is 11.5. The van der Waals surface area contributed by atoms with Gasteiger partial charge < -0.3 is 15.5 Å². The smallest absolute Gasteiger partial charge is 0.307 e. The lowest BCUT2D eigenvalue weighted by molar-refractivity contribution is -0.136. The highest BCUT2D eigenvalue weighted by Crippen LogP contribution is 2.65. The number of anilines is 1. The Kier molecular flexibility index (Phi) is 4.67. The van der Waals surface area contributed by atoms with E-state index in [9.17, 15) is 14.7 Å². The van der Waals surface area contributed by atoms with E-state index in [2.05, 4.69) is 17.4 Å². The van der Waals surface area contributed by atoms with Crippen LogP contribution in [0.4, 0.5) is 5.69 Å². The first-order valence-corrected chi connectivity index (χ1v) is 11.9. The van der Waals surface area contributed by atoms with Crippen molar-refractivity contribution in [2.45, 2.75) is 42.4 Å². The van der Waals surface area contributed by atoms with E-state index < -0.39 is 11.4 Å². The number of nitrogens with one attached hydrogen (secondary N) is 1. The number of carboxylic acids is 1. The quantitative estimate of drug-likeness (QED) is 0.468. The van der Waals surface area contributed by atoms with Gasteiger partial charge in [0.25, 0.3) is 0 Å². The zero-order valence-electron chi connectivity index (χ0n) is 18.5. The topological polar surface area (TPSA) is 86.6 Å². The van der Waals surface area contributed by atoms with E-state index >= 15 is 0 Å². The van der Waals surface area contributed by atoms with Crippen LogP contribution in [-0.2, 0) is 26.8 Å². The van der Waals surface area contributed by atoms with Gasteiger partial charge >= 0.3 is 5.97 Å². The predicted molar refractivity (Wildman–Crippen MR) is 130 cm³/mol. The number of aliphatic hydroxyl groups is 1. The number of amides is 1. The highest BCUT2D eigenvalue weighted by atomic mass is 35.5. The predicted octanol–water partition coefficient (Wildman–Crippen LogP) is 5.04. The van der Waals surface area contributed by atoms with Crippen molar-refractivity contribution in [2.24, 2.45) is 0 Å². The maximum atomic E-state index is 13.1. The summed E-state index contributed by atoms with van der Waals surface area (Å²) in [5.74, 6) is -0.903. The molecule has 5 nitrogen and oxygen atoms in total. The second kappa shape index (κ2) is 7.42. The van der Waals surface area contributed by atoms with Gasteiger partial charge in [0, 0.05) is 22.6 Å². The van der Waals surface area contributed by atoms with Crippen molar-refractivity contribution in [3.63, 3.8) is 0 Å². The first kappa shape index (κ1) is 21.4. The van der Waals surface area contributed by atoms with Gasteiger partial charge in [-0.25, -0.2) is 0 Å². The Morgan fingerprint density at radius 3 is 2.53 bits per heavy atom. The Labute approximate surface area is 202 Å². The first-order chi connectivity index (χ1) is 16.4. The molecule has 0 radical (unpaired) electrons. The highest BCUT2D eigenvalue weighted by Gasteiger charge is 2.65. The van der Waals surface area contributed by atoms with Crippen LogP contribution in [0.1, 0.15) is 47.4 Å². The summed E-state index contributed by atoms with van der Waals surface area (Å²) in [5, 5.41) is 22.5. The molecule has 34 heavy (non-hydrogen) atoms. The number of aliphatic hydroxyl groups excluding tert-OH is 1. The van der Waals surface area contributed by atoms with Gasteiger partial charge in [0.05, 0.1) is 23.5 Å². The van der Waals surface area contributed by atoms with Crippen LogP contribution in [0.3, 0.4) is 0 Å². The maximum absolute atomic E-state index is 13.1. The second-order valence-corrected chi connectivity index (χ2v) is 10.3. The molecule has 1 heterocycles. The van der Waals surface area contributed by atoms with Gasteiger partial charge in [0.1, 0.15) is 0 Å². The number of aliphatic carboxylic acids is 1. The molecular weight excluding hydrogens is 450 g/mol. The number of carboxylic acid groups (broad SMARTS) is 1. The molecule has 3 aromatic carbocycles. The average molecular weight is 474 g/mol. The summed E-state index contributed by atoms with van der Waals surface area (Å²) in [6, 6.07) is 19.6. The van der Waals surface area contributed by atoms with Gasteiger partial charge in [0.15, 0.2) is 0 Å². The van der Waals surface area contributed by atoms with E-state index in [1.165, 1.54) is 0 Å². The summed E-state index contributed by atoms with van der Waals surface area (Å²) in [7, 11) is 0. The minimum absolute atomic E-state index is 0.00169. The maximum Gasteiger partial charge on any atom is 0.307 e. The molecule has 3 aliphatic rings. The van der Waals surface area contributed by atoms with Crippen LogP contribution >= 0.6 is 11.6 Å². The largest absolute Gasteiger partial charge is 0.481 e. The number of carbonyl (C=O) groups excluding carboxylic acids is 1. The van der Waals surface area contributed by atoms with Crippen molar-refractivity contribution in [3.8, 4) is 11.1 Å². The van der Waals surface area contributed by atoms with Crippen molar-refractivity contribution in [2.75, 3.05) is 11.9 Å². The SMILES string of the molecule is O=C(O)Cc1cccc(C2CC23C(=O)Nc2cc(Cl)c(-c4ccc(C5(CO)CC5)cc4)cc23)c1. The normalized spacial score (nSPS) is 23.5. The Balaban J connectivity index is 1.36. The summed E-state index contributed by atoms with van der Waals surface area (Å²) in [6.07, 6.45) is 2.66. The number of carbonyl (C=O) groups is 2. The van der Waals surface area contributed by atoms with Crippen LogP contribution < -0.4 is 5.32 Å². The van der Waals surface area contributed by atoms with Crippen molar-refractivity contribution in [1.82, 2.24) is 0 Å². The van der Waals surface area contributed by atoms with Crippen LogP contribution in [0.2, 0.25) is 5.02 Å². The van der Waals surface area contributed by atoms with Crippen LogP contribution in [0.5, 0.6) is 0 Å². The van der Waals surface area contributed by atoms with E-state index in [1.54, 1.807) is 6.07 Å². The highest BCUT2D eigenvalue weighted by molar-refractivity contribution is 6.34. The molecule has 0 aromatic heterocycles. The minimum atomic E-state index is -0.872. The molecule has 3 aromatic rings. The van der Waals surface area contributed by atoms with Gasteiger partial charge in [-0.2, -0.15) is 0 Å². The zero-order chi connectivity index (χ0) is 23.7. The lowest BCUT2D eigenvalue weighted by Gasteiger charge is -2.15. The Morgan fingerprint density at radius 1 is 1.09 bits per heavy atom. The molecule has 0 saturated heterocycles. The van der Waals surface area contributed by atoms with Crippen molar-refractivity contribution in [3.05, 3.63) is 87.9 Å². The molecule has 0 bridgehead atoms. The van der Waals surface area contributed by atoms with E-state index in [0.717, 1.165) is 51.9 Å². The third kappa shape index (κ3) is 3.18. The summed E-state index contributed by atoms with van der Waals surface area (Å²) in [5.41, 5.74) is 5.68. The van der Waals surface area contributed by atoms with Gasteiger partial charge in [-0.1, -0.05) is 60.1 Å². The zero-order valence-corrected chi connectivity index (χ0v) is 19.2. The molecule has 172 valence electrons. The lowest BCUT2D eigenvalue weighted by Crippen LogP contribution is -2.21. The monoisotopic (exact) mass is 473 g/mol.